The number of amides is 1. The molecule has 2 heterocycles. The maximum atomic E-state index is 13.7. The summed E-state index contributed by atoms with van der Waals surface area (Å²) in [7, 11) is 0. The largest absolute Gasteiger partial charge is 0.490 e. The van der Waals surface area contributed by atoms with Gasteiger partial charge in [0.2, 0.25) is 5.76 Å². The van der Waals surface area contributed by atoms with Crippen LogP contribution >= 0.6 is 0 Å². The lowest BCUT2D eigenvalue weighted by molar-refractivity contribution is 0.0971. The quantitative estimate of drug-likeness (QED) is 0.375. The van der Waals surface area contributed by atoms with Gasteiger partial charge in [-0.15, -0.1) is 0 Å². The van der Waals surface area contributed by atoms with Crippen LogP contribution in [0.15, 0.2) is 88.6 Å². The molecule has 0 saturated carbocycles. The molecule has 33 heavy (non-hydrogen) atoms. The van der Waals surface area contributed by atoms with Crippen LogP contribution in [-0.2, 0) is 0 Å². The van der Waals surface area contributed by atoms with Crippen molar-refractivity contribution in [2.45, 2.75) is 19.9 Å². The van der Waals surface area contributed by atoms with Crippen molar-refractivity contribution in [1.82, 2.24) is 0 Å². The molecule has 164 valence electrons. The first-order valence-electron chi connectivity index (χ1n) is 10.8. The third-order valence-corrected chi connectivity index (χ3v) is 5.87. The minimum Gasteiger partial charge on any atom is -0.490 e. The van der Waals surface area contributed by atoms with E-state index in [9.17, 15) is 9.59 Å². The van der Waals surface area contributed by atoms with E-state index >= 15 is 0 Å². The lowest BCUT2D eigenvalue weighted by Crippen LogP contribution is -2.29. The number of carbonyl (C=O) groups excluding carboxylic acids is 1. The topological polar surface area (TPSA) is 59.8 Å². The highest BCUT2D eigenvalue weighted by molar-refractivity contribution is 6.10. The zero-order chi connectivity index (χ0) is 23.1. The predicted molar refractivity (Wildman–Crippen MR) is 129 cm³/mol. The fourth-order valence-corrected chi connectivity index (χ4v) is 4.35. The number of fused-ring (bicyclic) bond motifs is 2. The number of rotatable bonds is 5. The predicted octanol–water partition coefficient (Wildman–Crippen LogP) is 5.72. The summed E-state index contributed by atoms with van der Waals surface area (Å²) >= 11 is 0. The minimum absolute atomic E-state index is 0.0924. The zero-order valence-corrected chi connectivity index (χ0v) is 18.5. The molecule has 3 aromatic carbocycles. The number of nitrogens with zero attached hydrogens (tertiary/aromatic N) is 1. The van der Waals surface area contributed by atoms with Crippen LogP contribution in [0.5, 0.6) is 5.75 Å². The second kappa shape index (κ2) is 8.10. The number of hydrogen-bond acceptors (Lipinski definition) is 4. The van der Waals surface area contributed by atoms with E-state index in [4.69, 9.17) is 9.15 Å². The van der Waals surface area contributed by atoms with E-state index in [1.165, 1.54) is 0 Å². The molecule has 0 radical (unpaired) electrons. The first kappa shape index (κ1) is 20.8. The maximum Gasteiger partial charge on any atom is 0.295 e. The molecule has 0 spiro atoms. The number of carbonyl (C=O) groups is 1. The Labute approximate surface area is 191 Å². The molecule has 1 aromatic heterocycles. The van der Waals surface area contributed by atoms with Crippen LogP contribution in [0.3, 0.4) is 0 Å². The summed E-state index contributed by atoms with van der Waals surface area (Å²) in [5, 5.41) is 0.476. The molecule has 0 fully saturated rings. The zero-order valence-electron chi connectivity index (χ0n) is 18.5. The summed E-state index contributed by atoms with van der Waals surface area (Å²) in [5.74, 6) is 0.452. The minimum atomic E-state index is -0.607. The molecule has 0 aliphatic carbocycles. The molecule has 1 aliphatic heterocycles. The van der Waals surface area contributed by atoms with Gasteiger partial charge in [0.1, 0.15) is 17.9 Å². The Morgan fingerprint density at radius 2 is 1.76 bits per heavy atom. The summed E-state index contributed by atoms with van der Waals surface area (Å²) in [6.07, 6.45) is 1.68. The van der Waals surface area contributed by atoms with E-state index in [1.807, 2.05) is 74.5 Å². The molecule has 5 rings (SSSR count). The second-order valence-electron chi connectivity index (χ2n) is 8.26. The summed E-state index contributed by atoms with van der Waals surface area (Å²) in [6, 6.07) is 19.9. The van der Waals surface area contributed by atoms with Gasteiger partial charge in [-0.1, -0.05) is 48.6 Å². The summed E-state index contributed by atoms with van der Waals surface area (Å²) in [6.45, 7) is 7.96. The van der Waals surface area contributed by atoms with Crippen molar-refractivity contribution in [3.8, 4) is 5.75 Å². The highest BCUT2D eigenvalue weighted by atomic mass is 16.5. The van der Waals surface area contributed by atoms with Gasteiger partial charge in [0.15, 0.2) is 5.43 Å². The van der Waals surface area contributed by atoms with Gasteiger partial charge in [0.25, 0.3) is 5.91 Å². The van der Waals surface area contributed by atoms with E-state index in [0.29, 0.717) is 34.6 Å². The van der Waals surface area contributed by atoms with Crippen LogP contribution in [0.1, 0.15) is 38.9 Å². The van der Waals surface area contributed by atoms with E-state index in [2.05, 4.69) is 6.58 Å². The molecule has 0 saturated heterocycles. The average Bonchev–Trinajstić information content (AvgIpc) is 3.11. The van der Waals surface area contributed by atoms with Crippen LogP contribution in [0, 0.1) is 13.8 Å². The van der Waals surface area contributed by atoms with Crippen LogP contribution < -0.4 is 15.1 Å². The van der Waals surface area contributed by atoms with E-state index in [-0.39, 0.29) is 17.1 Å². The van der Waals surface area contributed by atoms with Crippen molar-refractivity contribution >= 4 is 22.6 Å². The number of benzene rings is 3. The molecule has 0 N–H and O–H groups in total. The van der Waals surface area contributed by atoms with Crippen LogP contribution in [0.2, 0.25) is 0 Å². The Morgan fingerprint density at radius 3 is 2.48 bits per heavy atom. The molecular weight excluding hydrogens is 414 g/mol. The van der Waals surface area contributed by atoms with Crippen LogP contribution in [0.25, 0.3) is 11.0 Å². The molecule has 1 atom stereocenters. The van der Waals surface area contributed by atoms with Crippen molar-refractivity contribution in [3.63, 3.8) is 0 Å². The van der Waals surface area contributed by atoms with Crippen molar-refractivity contribution in [2.75, 3.05) is 11.5 Å². The molecule has 5 nitrogen and oxygen atoms in total. The number of hydrogen-bond donors (Lipinski definition) is 0. The summed E-state index contributed by atoms with van der Waals surface area (Å²) in [4.78, 5) is 28.9. The molecule has 0 unspecified atom stereocenters. The Morgan fingerprint density at radius 1 is 1.00 bits per heavy atom. The average molecular weight is 437 g/mol. The molecule has 1 aliphatic rings. The van der Waals surface area contributed by atoms with Gasteiger partial charge in [-0.25, -0.2) is 0 Å². The van der Waals surface area contributed by atoms with Crippen molar-refractivity contribution in [3.05, 3.63) is 118 Å². The lowest BCUT2D eigenvalue weighted by Gasteiger charge is -2.25. The number of ether oxygens (including phenoxy) is 1. The van der Waals surface area contributed by atoms with Gasteiger partial charge in [-0.2, -0.15) is 0 Å². The number of aryl methyl sites for hydroxylation is 2. The third kappa shape index (κ3) is 3.52. The van der Waals surface area contributed by atoms with Gasteiger partial charge in [0, 0.05) is 5.69 Å². The standard InChI is InChI=1S/C28H23NO4/c1-4-14-32-21-11-9-19(10-12-21)25-24-26(30)22-16-18(3)8-13-23(22)33-27(24)28(31)29(25)20-7-5-6-17(2)15-20/h4-13,15-16,25H,1,14H2,2-3H3/t25-/m0/s1. The monoisotopic (exact) mass is 437 g/mol. The van der Waals surface area contributed by atoms with E-state index < -0.39 is 6.04 Å². The smallest absolute Gasteiger partial charge is 0.295 e. The molecule has 5 heteroatoms. The molecular formula is C28H23NO4. The summed E-state index contributed by atoms with van der Waals surface area (Å²) < 4.78 is 11.6. The van der Waals surface area contributed by atoms with Gasteiger partial charge >= 0.3 is 0 Å². The fourth-order valence-electron chi connectivity index (χ4n) is 4.35. The first-order chi connectivity index (χ1) is 16.0. The van der Waals surface area contributed by atoms with Gasteiger partial charge in [-0.3, -0.25) is 14.5 Å². The summed E-state index contributed by atoms with van der Waals surface area (Å²) in [5.41, 5.74) is 4.07. The highest BCUT2D eigenvalue weighted by Crippen LogP contribution is 2.41. The Hall–Kier alpha value is -4.12. The van der Waals surface area contributed by atoms with Crippen molar-refractivity contribution in [1.29, 1.82) is 0 Å². The Kier molecular flexibility index (Phi) is 5.09. The number of anilines is 1. The Bertz CT molecular complexity index is 1450. The third-order valence-electron chi connectivity index (χ3n) is 5.87. The maximum absolute atomic E-state index is 13.7. The second-order valence-corrected chi connectivity index (χ2v) is 8.26. The van der Waals surface area contributed by atoms with Crippen molar-refractivity contribution in [2.24, 2.45) is 0 Å². The first-order valence-corrected chi connectivity index (χ1v) is 10.8. The Balaban J connectivity index is 1.73. The van der Waals surface area contributed by atoms with Crippen LogP contribution in [-0.4, -0.2) is 12.5 Å². The van der Waals surface area contributed by atoms with E-state index in [0.717, 1.165) is 16.7 Å². The van der Waals surface area contributed by atoms with Gasteiger partial charge < -0.3 is 9.15 Å². The molecule has 4 aromatic rings. The highest BCUT2D eigenvalue weighted by Gasteiger charge is 2.43. The van der Waals surface area contributed by atoms with E-state index in [1.54, 1.807) is 17.0 Å². The molecule has 0 bridgehead atoms. The fraction of sp³-hybridized carbons (Fsp3) is 0.143. The van der Waals surface area contributed by atoms with Crippen molar-refractivity contribution < 1.29 is 13.9 Å². The van der Waals surface area contributed by atoms with Gasteiger partial charge in [0.05, 0.1) is 17.0 Å². The lowest BCUT2D eigenvalue weighted by atomic mass is 9.97. The van der Waals surface area contributed by atoms with Gasteiger partial charge in [-0.05, 0) is 61.4 Å². The molecule has 1 amide bonds. The SMILES string of the molecule is C=CCOc1ccc([C@H]2c3c(oc4ccc(C)cc4c3=O)C(=O)N2c2cccc(C)c2)cc1. The van der Waals surface area contributed by atoms with Crippen LogP contribution in [0.4, 0.5) is 5.69 Å². The normalized spacial score (nSPS) is 15.0.